The van der Waals surface area contributed by atoms with Gasteiger partial charge in [0, 0.05) is 37.7 Å². The van der Waals surface area contributed by atoms with E-state index >= 15 is 0 Å². The van der Waals surface area contributed by atoms with Gasteiger partial charge in [0.05, 0.1) is 0 Å². The Morgan fingerprint density at radius 1 is 1.00 bits per heavy atom. The van der Waals surface area contributed by atoms with Crippen LogP contribution >= 0.6 is 0 Å². The average Bonchev–Trinajstić information content (AvgIpc) is 2.72. The topological polar surface area (TPSA) is 75.7 Å². The zero-order valence-electron chi connectivity index (χ0n) is 15.9. The van der Waals surface area contributed by atoms with Crippen LogP contribution in [-0.2, 0) is 4.79 Å². The molecule has 1 aliphatic heterocycles. The first-order chi connectivity index (χ1) is 13.5. The standard InChI is InChI=1S/C22H24N2O4/c1-16(25)28-20-9-5-8-19(14-20)22(27)24-12-10-17(11-13-24)15-23-21(26)18-6-3-2-4-7-18/h2-9,14,17H,10-13,15H2,1H3,(H,23,26). The molecule has 2 amide bonds. The van der Waals surface area contributed by atoms with Gasteiger partial charge in [-0.25, -0.2) is 0 Å². The number of carbonyl (C=O) groups excluding carboxylic acids is 3. The lowest BCUT2D eigenvalue weighted by Crippen LogP contribution is -2.41. The largest absolute Gasteiger partial charge is 0.427 e. The lowest BCUT2D eigenvalue weighted by molar-refractivity contribution is -0.131. The molecule has 1 saturated heterocycles. The van der Waals surface area contributed by atoms with Gasteiger partial charge >= 0.3 is 5.97 Å². The molecule has 28 heavy (non-hydrogen) atoms. The highest BCUT2D eigenvalue weighted by molar-refractivity contribution is 5.95. The van der Waals surface area contributed by atoms with Crippen LogP contribution < -0.4 is 10.1 Å². The third-order valence-electron chi connectivity index (χ3n) is 4.83. The Balaban J connectivity index is 1.49. The van der Waals surface area contributed by atoms with Crippen molar-refractivity contribution in [1.29, 1.82) is 0 Å². The molecular weight excluding hydrogens is 356 g/mol. The predicted octanol–water partition coefficient (Wildman–Crippen LogP) is 2.89. The predicted molar refractivity (Wildman–Crippen MR) is 105 cm³/mol. The molecule has 2 aromatic rings. The number of hydrogen-bond donors (Lipinski definition) is 1. The maximum absolute atomic E-state index is 12.7. The monoisotopic (exact) mass is 380 g/mol. The normalized spacial score (nSPS) is 14.4. The summed E-state index contributed by atoms with van der Waals surface area (Å²) in [6, 6.07) is 15.8. The molecule has 6 nitrogen and oxygen atoms in total. The molecule has 1 fully saturated rings. The fourth-order valence-electron chi connectivity index (χ4n) is 3.31. The second kappa shape index (κ2) is 9.17. The summed E-state index contributed by atoms with van der Waals surface area (Å²) >= 11 is 0. The van der Waals surface area contributed by atoms with Crippen LogP contribution in [0.3, 0.4) is 0 Å². The number of benzene rings is 2. The maximum atomic E-state index is 12.7. The molecule has 6 heteroatoms. The highest BCUT2D eigenvalue weighted by Gasteiger charge is 2.24. The van der Waals surface area contributed by atoms with Gasteiger partial charge in [0.1, 0.15) is 5.75 Å². The van der Waals surface area contributed by atoms with Crippen molar-refractivity contribution in [1.82, 2.24) is 10.2 Å². The number of piperidine rings is 1. The molecule has 2 aromatic carbocycles. The van der Waals surface area contributed by atoms with Gasteiger partial charge in [-0.05, 0) is 49.1 Å². The summed E-state index contributed by atoms with van der Waals surface area (Å²) in [6.07, 6.45) is 1.68. The summed E-state index contributed by atoms with van der Waals surface area (Å²) in [5, 5.41) is 2.98. The zero-order valence-corrected chi connectivity index (χ0v) is 15.9. The minimum absolute atomic E-state index is 0.0682. The second-order valence-electron chi connectivity index (χ2n) is 6.93. The molecule has 0 saturated carbocycles. The van der Waals surface area contributed by atoms with Gasteiger partial charge in [0.25, 0.3) is 11.8 Å². The van der Waals surface area contributed by atoms with E-state index in [1.807, 2.05) is 23.1 Å². The van der Waals surface area contributed by atoms with E-state index in [-0.39, 0.29) is 11.8 Å². The van der Waals surface area contributed by atoms with E-state index in [9.17, 15) is 14.4 Å². The Hall–Kier alpha value is -3.15. The van der Waals surface area contributed by atoms with Crippen LogP contribution in [0.4, 0.5) is 0 Å². The first kappa shape index (κ1) is 19.6. The third-order valence-corrected chi connectivity index (χ3v) is 4.83. The van der Waals surface area contributed by atoms with Crippen LogP contribution in [0.5, 0.6) is 5.75 Å². The first-order valence-corrected chi connectivity index (χ1v) is 9.44. The van der Waals surface area contributed by atoms with E-state index in [0.29, 0.717) is 42.4 Å². The summed E-state index contributed by atoms with van der Waals surface area (Å²) < 4.78 is 5.05. The van der Waals surface area contributed by atoms with Crippen LogP contribution in [0.25, 0.3) is 0 Å². The number of ether oxygens (including phenoxy) is 1. The van der Waals surface area contributed by atoms with Gasteiger partial charge in [-0.2, -0.15) is 0 Å². The highest BCUT2D eigenvalue weighted by Crippen LogP contribution is 2.21. The van der Waals surface area contributed by atoms with Crippen molar-refractivity contribution in [3.05, 3.63) is 65.7 Å². The molecule has 1 N–H and O–H groups in total. The Morgan fingerprint density at radius 2 is 1.68 bits per heavy atom. The number of nitrogens with zero attached hydrogens (tertiary/aromatic N) is 1. The summed E-state index contributed by atoms with van der Waals surface area (Å²) in [5.74, 6) is 0.172. The third kappa shape index (κ3) is 5.19. The van der Waals surface area contributed by atoms with Crippen LogP contribution in [0.2, 0.25) is 0 Å². The summed E-state index contributed by atoms with van der Waals surface area (Å²) in [6.45, 7) is 3.22. The summed E-state index contributed by atoms with van der Waals surface area (Å²) in [4.78, 5) is 37.7. The Bertz CT molecular complexity index is 843. The van der Waals surface area contributed by atoms with E-state index in [0.717, 1.165) is 12.8 Å². The fourth-order valence-corrected chi connectivity index (χ4v) is 3.31. The number of esters is 1. The molecular formula is C22H24N2O4. The van der Waals surface area contributed by atoms with Gasteiger partial charge in [0.15, 0.2) is 0 Å². The molecule has 146 valence electrons. The Kier molecular flexibility index (Phi) is 6.42. The van der Waals surface area contributed by atoms with E-state index in [1.54, 1.807) is 36.4 Å². The SMILES string of the molecule is CC(=O)Oc1cccc(C(=O)N2CCC(CNC(=O)c3ccccc3)CC2)c1. The minimum Gasteiger partial charge on any atom is -0.427 e. The smallest absolute Gasteiger partial charge is 0.308 e. The molecule has 0 unspecified atom stereocenters. The molecule has 0 atom stereocenters. The van der Waals surface area contributed by atoms with Crippen LogP contribution in [0.1, 0.15) is 40.5 Å². The summed E-state index contributed by atoms with van der Waals surface area (Å²) in [5.41, 5.74) is 1.16. The first-order valence-electron chi connectivity index (χ1n) is 9.44. The van der Waals surface area contributed by atoms with Gasteiger partial charge in [-0.1, -0.05) is 24.3 Å². The molecule has 0 spiro atoms. The van der Waals surface area contributed by atoms with Crippen LogP contribution in [-0.4, -0.2) is 42.3 Å². The number of amides is 2. The number of hydrogen-bond acceptors (Lipinski definition) is 4. The van der Waals surface area contributed by atoms with Gasteiger partial charge in [0.2, 0.25) is 0 Å². The molecule has 0 aliphatic carbocycles. The lowest BCUT2D eigenvalue weighted by Gasteiger charge is -2.32. The summed E-state index contributed by atoms with van der Waals surface area (Å²) in [7, 11) is 0. The quantitative estimate of drug-likeness (QED) is 0.639. The fraction of sp³-hybridized carbons (Fsp3) is 0.318. The molecule has 0 aromatic heterocycles. The van der Waals surface area contributed by atoms with Gasteiger partial charge < -0.3 is 15.0 Å². The van der Waals surface area contributed by atoms with Crippen molar-refractivity contribution in [3.8, 4) is 5.75 Å². The Labute approximate surface area is 164 Å². The van der Waals surface area contributed by atoms with Crippen molar-refractivity contribution in [2.24, 2.45) is 5.92 Å². The number of likely N-dealkylation sites (tertiary alicyclic amines) is 1. The van der Waals surface area contributed by atoms with Crippen molar-refractivity contribution >= 4 is 17.8 Å². The molecule has 0 radical (unpaired) electrons. The van der Waals surface area contributed by atoms with Crippen molar-refractivity contribution in [2.75, 3.05) is 19.6 Å². The van der Waals surface area contributed by atoms with Gasteiger partial charge in [-0.3, -0.25) is 14.4 Å². The van der Waals surface area contributed by atoms with Crippen molar-refractivity contribution in [2.45, 2.75) is 19.8 Å². The lowest BCUT2D eigenvalue weighted by atomic mass is 9.96. The van der Waals surface area contributed by atoms with Crippen molar-refractivity contribution in [3.63, 3.8) is 0 Å². The van der Waals surface area contributed by atoms with Crippen molar-refractivity contribution < 1.29 is 19.1 Å². The second-order valence-corrected chi connectivity index (χ2v) is 6.93. The number of rotatable bonds is 5. The van der Waals surface area contributed by atoms with E-state index in [1.165, 1.54) is 6.92 Å². The van der Waals surface area contributed by atoms with E-state index in [4.69, 9.17) is 4.74 Å². The molecule has 0 bridgehead atoms. The number of nitrogens with one attached hydrogen (secondary N) is 1. The van der Waals surface area contributed by atoms with E-state index in [2.05, 4.69) is 5.32 Å². The van der Waals surface area contributed by atoms with Gasteiger partial charge in [-0.15, -0.1) is 0 Å². The average molecular weight is 380 g/mol. The Morgan fingerprint density at radius 3 is 2.36 bits per heavy atom. The van der Waals surface area contributed by atoms with E-state index < -0.39 is 5.97 Å². The highest BCUT2D eigenvalue weighted by atomic mass is 16.5. The molecule has 1 heterocycles. The van der Waals surface area contributed by atoms with Crippen LogP contribution in [0, 0.1) is 5.92 Å². The maximum Gasteiger partial charge on any atom is 0.308 e. The molecule has 1 aliphatic rings. The van der Waals surface area contributed by atoms with Crippen LogP contribution in [0.15, 0.2) is 54.6 Å². The minimum atomic E-state index is -0.414. The number of carbonyl (C=O) groups is 3. The zero-order chi connectivity index (χ0) is 19.9. The molecule has 3 rings (SSSR count).